The Balaban J connectivity index is 1.49. The van der Waals surface area contributed by atoms with Crippen molar-refractivity contribution in [2.24, 2.45) is 5.92 Å². The second-order valence-electron chi connectivity index (χ2n) is 4.31. The van der Waals surface area contributed by atoms with Crippen LogP contribution in [0.3, 0.4) is 0 Å². The number of halogens is 1. The van der Waals surface area contributed by atoms with Crippen LogP contribution in [-0.4, -0.2) is 18.2 Å². The molecule has 1 aliphatic carbocycles. The molecule has 0 saturated heterocycles. The molecule has 0 atom stereocenters. The molecular formula is C12H18ClNOS. The zero-order chi connectivity index (χ0) is 11.2. The lowest BCUT2D eigenvalue weighted by Gasteiger charge is -2.01. The zero-order valence-electron chi connectivity index (χ0n) is 9.45. The summed E-state index contributed by atoms with van der Waals surface area (Å²) in [5.41, 5.74) is 0.997. The molecule has 2 rings (SSSR count). The van der Waals surface area contributed by atoms with Gasteiger partial charge in [-0.15, -0.1) is 22.9 Å². The van der Waals surface area contributed by atoms with Gasteiger partial charge in [-0.1, -0.05) is 12.8 Å². The van der Waals surface area contributed by atoms with Crippen LogP contribution in [0.25, 0.3) is 0 Å². The molecule has 1 saturated carbocycles. The van der Waals surface area contributed by atoms with Crippen LogP contribution in [0.4, 0.5) is 0 Å². The molecule has 0 aliphatic heterocycles. The number of hydrogen-bond acceptors (Lipinski definition) is 3. The highest BCUT2D eigenvalue weighted by atomic mass is 35.5. The summed E-state index contributed by atoms with van der Waals surface area (Å²) in [4.78, 5) is 4.42. The number of rotatable bonds is 8. The average molecular weight is 260 g/mol. The molecule has 0 unspecified atom stereocenters. The molecule has 0 aromatic carbocycles. The SMILES string of the molecule is ClCc1csc(CCCOCCC2CC2)n1. The maximum absolute atomic E-state index is 5.70. The Labute approximate surface area is 106 Å². The summed E-state index contributed by atoms with van der Waals surface area (Å²) in [5, 5.41) is 3.22. The molecule has 1 fully saturated rings. The van der Waals surface area contributed by atoms with Gasteiger partial charge in [-0.2, -0.15) is 0 Å². The molecule has 1 aromatic rings. The van der Waals surface area contributed by atoms with E-state index in [4.69, 9.17) is 16.3 Å². The number of aryl methyl sites for hydroxylation is 1. The first-order valence-corrected chi connectivity index (χ1v) is 7.37. The van der Waals surface area contributed by atoms with E-state index in [1.54, 1.807) is 11.3 Å². The molecule has 0 bridgehead atoms. The van der Waals surface area contributed by atoms with Gasteiger partial charge in [0.1, 0.15) is 0 Å². The number of nitrogens with zero attached hydrogens (tertiary/aromatic N) is 1. The summed E-state index contributed by atoms with van der Waals surface area (Å²) in [5.74, 6) is 1.50. The van der Waals surface area contributed by atoms with Gasteiger partial charge in [0.05, 0.1) is 16.6 Å². The largest absolute Gasteiger partial charge is 0.381 e. The minimum absolute atomic E-state index is 0.522. The summed E-state index contributed by atoms with van der Waals surface area (Å²) in [6.45, 7) is 1.80. The molecule has 0 spiro atoms. The van der Waals surface area contributed by atoms with Crippen LogP contribution in [0.5, 0.6) is 0 Å². The van der Waals surface area contributed by atoms with Crippen molar-refractivity contribution < 1.29 is 4.74 Å². The van der Waals surface area contributed by atoms with Gasteiger partial charge in [-0.25, -0.2) is 4.98 Å². The Hall–Kier alpha value is -0.120. The van der Waals surface area contributed by atoms with E-state index in [2.05, 4.69) is 4.98 Å². The summed E-state index contributed by atoms with van der Waals surface area (Å²) in [7, 11) is 0. The van der Waals surface area contributed by atoms with Gasteiger partial charge in [-0.3, -0.25) is 0 Å². The van der Waals surface area contributed by atoms with Crippen LogP contribution >= 0.6 is 22.9 Å². The van der Waals surface area contributed by atoms with Crippen molar-refractivity contribution in [1.29, 1.82) is 0 Å². The topological polar surface area (TPSA) is 22.1 Å². The average Bonchev–Trinajstić information content (AvgIpc) is 3.01. The Kier molecular flexibility index (Phi) is 5.07. The van der Waals surface area contributed by atoms with E-state index in [1.165, 1.54) is 24.3 Å². The van der Waals surface area contributed by atoms with E-state index in [0.717, 1.165) is 37.7 Å². The highest BCUT2D eigenvalue weighted by molar-refractivity contribution is 7.09. The van der Waals surface area contributed by atoms with Crippen molar-refractivity contribution in [3.05, 3.63) is 16.1 Å². The van der Waals surface area contributed by atoms with E-state index < -0.39 is 0 Å². The van der Waals surface area contributed by atoms with Gasteiger partial charge in [0.2, 0.25) is 0 Å². The highest BCUT2D eigenvalue weighted by Gasteiger charge is 2.20. The second-order valence-corrected chi connectivity index (χ2v) is 5.52. The third-order valence-corrected chi connectivity index (χ3v) is 4.01. The number of hydrogen-bond donors (Lipinski definition) is 0. The maximum Gasteiger partial charge on any atom is 0.0929 e. The van der Waals surface area contributed by atoms with Crippen LogP contribution in [-0.2, 0) is 17.0 Å². The van der Waals surface area contributed by atoms with Gasteiger partial charge in [0.15, 0.2) is 0 Å². The van der Waals surface area contributed by atoms with Crippen molar-refractivity contribution in [2.75, 3.05) is 13.2 Å². The summed E-state index contributed by atoms with van der Waals surface area (Å²) >= 11 is 7.40. The first kappa shape index (κ1) is 12.3. The van der Waals surface area contributed by atoms with Crippen molar-refractivity contribution in [2.45, 2.75) is 38.0 Å². The number of thiazole rings is 1. The standard InChI is InChI=1S/C12H18ClNOS/c13-8-11-9-16-12(14-11)2-1-6-15-7-5-10-3-4-10/h9-10H,1-8H2. The van der Waals surface area contributed by atoms with Crippen molar-refractivity contribution >= 4 is 22.9 Å². The fourth-order valence-electron chi connectivity index (χ4n) is 1.61. The lowest BCUT2D eigenvalue weighted by Crippen LogP contribution is -1.99. The smallest absolute Gasteiger partial charge is 0.0929 e. The summed E-state index contributed by atoms with van der Waals surface area (Å²) < 4.78 is 5.59. The van der Waals surface area contributed by atoms with Crippen molar-refractivity contribution in [1.82, 2.24) is 4.98 Å². The molecule has 2 nitrogen and oxygen atoms in total. The maximum atomic E-state index is 5.70. The van der Waals surface area contributed by atoms with Gasteiger partial charge in [0.25, 0.3) is 0 Å². The third-order valence-electron chi connectivity index (χ3n) is 2.78. The predicted octanol–water partition coefficient (Wildman–Crippen LogP) is 3.63. The molecule has 90 valence electrons. The highest BCUT2D eigenvalue weighted by Crippen LogP contribution is 2.32. The number of aromatic nitrogens is 1. The van der Waals surface area contributed by atoms with Gasteiger partial charge in [0, 0.05) is 25.0 Å². The minimum atomic E-state index is 0.522. The lowest BCUT2D eigenvalue weighted by atomic mass is 10.3. The third kappa shape index (κ3) is 4.40. The fraction of sp³-hybridized carbons (Fsp3) is 0.750. The van der Waals surface area contributed by atoms with E-state index in [0.29, 0.717) is 5.88 Å². The predicted molar refractivity (Wildman–Crippen MR) is 68.2 cm³/mol. The van der Waals surface area contributed by atoms with Crippen LogP contribution in [0.1, 0.15) is 36.4 Å². The van der Waals surface area contributed by atoms with Crippen LogP contribution in [0.15, 0.2) is 5.38 Å². The summed E-state index contributed by atoms with van der Waals surface area (Å²) in [6, 6.07) is 0. The molecule has 4 heteroatoms. The Morgan fingerprint density at radius 3 is 3.00 bits per heavy atom. The Morgan fingerprint density at radius 2 is 2.31 bits per heavy atom. The molecule has 1 aliphatic rings. The van der Waals surface area contributed by atoms with Gasteiger partial charge < -0.3 is 4.74 Å². The van der Waals surface area contributed by atoms with Crippen LogP contribution < -0.4 is 0 Å². The molecule has 1 heterocycles. The van der Waals surface area contributed by atoms with Crippen LogP contribution in [0, 0.1) is 5.92 Å². The fourth-order valence-corrected chi connectivity index (χ4v) is 2.68. The van der Waals surface area contributed by atoms with Crippen LogP contribution in [0.2, 0.25) is 0 Å². The van der Waals surface area contributed by atoms with Gasteiger partial charge >= 0.3 is 0 Å². The van der Waals surface area contributed by atoms with E-state index in [-0.39, 0.29) is 0 Å². The molecule has 0 N–H and O–H groups in total. The molecular weight excluding hydrogens is 242 g/mol. The van der Waals surface area contributed by atoms with E-state index in [1.807, 2.05) is 5.38 Å². The van der Waals surface area contributed by atoms with Gasteiger partial charge in [-0.05, 0) is 18.8 Å². The normalized spacial score (nSPS) is 15.6. The molecule has 0 radical (unpaired) electrons. The Bertz CT molecular complexity index is 312. The monoisotopic (exact) mass is 259 g/mol. The molecule has 16 heavy (non-hydrogen) atoms. The minimum Gasteiger partial charge on any atom is -0.381 e. The Morgan fingerprint density at radius 1 is 1.44 bits per heavy atom. The number of alkyl halides is 1. The second kappa shape index (κ2) is 6.58. The first-order chi connectivity index (χ1) is 7.88. The van der Waals surface area contributed by atoms with E-state index >= 15 is 0 Å². The molecule has 0 amide bonds. The van der Waals surface area contributed by atoms with E-state index in [9.17, 15) is 0 Å². The van der Waals surface area contributed by atoms with Crippen molar-refractivity contribution in [3.8, 4) is 0 Å². The van der Waals surface area contributed by atoms with Crippen molar-refractivity contribution in [3.63, 3.8) is 0 Å². The first-order valence-electron chi connectivity index (χ1n) is 5.95. The summed E-state index contributed by atoms with van der Waals surface area (Å²) in [6.07, 6.45) is 6.19. The zero-order valence-corrected chi connectivity index (χ0v) is 11.0. The number of ether oxygens (including phenoxy) is 1. The lowest BCUT2D eigenvalue weighted by molar-refractivity contribution is 0.126. The quantitative estimate of drug-likeness (QED) is 0.525. The molecule has 1 aromatic heterocycles.